The third-order valence-corrected chi connectivity index (χ3v) is 5.64. The number of fused-ring (bicyclic) bond motifs is 1. The number of nitrogens with zero attached hydrogens (tertiary/aromatic N) is 5. The number of anilines is 1. The van der Waals surface area contributed by atoms with Crippen molar-refractivity contribution in [2.75, 3.05) is 5.32 Å². The van der Waals surface area contributed by atoms with Crippen LogP contribution in [0.4, 0.5) is 5.13 Å². The van der Waals surface area contributed by atoms with Crippen LogP contribution in [0.2, 0.25) is 0 Å². The molecule has 4 aromatic rings. The topological polar surface area (TPSA) is 85.6 Å². The van der Waals surface area contributed by atoms with Crippen molar-refractivity contribution in [3.63, 3.8) is 0 Å². The molecule has 8 heteroatoms. The second-order valence-corrected chi connectivity index (χ2v) is 8.85. The summed E-state index contributed by atoms with van der Waals surface area (Å²) in [6, 6.07) is 12.1. The highest BCUT2D eigenvalue weighted by Gasteiger charge is 2.20. The number of aromatic nitrogens is 5. The molecule has 4 rings (SSSR count). The summed E-state index contributed by atoms with van der Waals surface area (Å²) >= 11 is 1.39. The Labute approximate surface area is 179 Å². The molecule has 30 heavy (non-hydrogen) atoms. The van der Waals surface area contributed by atoms with Gasteiger partial charge in [-0.05, 0) is 31.4 Å². The van der Waals surface area contributed by atoms with Gasteiger partial charge in [-0.3, -0.25) is 10.1 Å². The molecule has 0 aliphatic rings. The average Bonchev–Trinajstić information content (AvgIpc) is 3.34. The molecule has 3 heterocycles. The standard InChI is InChI=1S/C22H24N6OS/c1-13(2)18-11-16(17-12-23-28(14(3)4)20(17)24-18)21(29)25-22-27-26-19(30-22)10-15-8-6-5-7-9-15/h5-9,11-14H,10H2,1-4H3,(H,25,27,29). The van der Waals surface area contributed by atoms with Gasteiger partial charge in [0.15, 0.2) is 5.65 Å². The Morgan fingerprint density at radius 3 is 2.60 bits per heavy atom. The first-order chi connectivity index (χ1) is 14.4. The molecule has 1 amide bonds. The van der Waals surface area contributed by atoms with Crippen molar-refractivity contribution in [2.24, 2.45) is 0 Å². The maximum absolute atomic E-state index is 13.1. The molecule has 154 valence electrons. The van der Waals surface area contributed by atoms with Crippen molar-refractivity contribution >= 4 is 33.4 Å². The van der Waals surface area contributed by atoms with E-state index in [2.05, 4.69) is 34.5 Å². The highest BCUT2D eigenvalue weighted by molar-refractivity contribution is 7.15. The van der Waals surface area contributed by atoms with Crippen molar-refractivity contribution in [2.45, 2.75) is 46.1 Å². The summed E-state index contributed by atoms with van der Waals surface area (Å²) in [6.45, 7) is 8.22. The lowest BCUT2D eigenvalue weighted by atomic mass is 10.0. The van der Waals surface area contributed by atoms with Gasteiger partial charge in [0.1, 0.15) is 5.01 Å². The molecule has 0 aliphatic heterocycles. The quantitative estimate of drug-likeness (QED) is 0.483. The second-order valence-electron chi connectivity index (χ2n) is 7.79. The number of nitrogens with one attached hydrogen (secondary N) is 1. The molecular weight excluding hydrogens is 396 g/mol. The van der Waals surface area contributed by atoms with E-state index in [1.807, 2.05) is 54.9 Å². The monoisotopic (exact) mass is 420 g/mol. The number of hydrogen-bond donors (Lipinski definition) is 1. The molecule has 0 radical (unpaired) electrons. The molecule has 1 N–H and O–H groups in total. The van der Waals surface area contributed by atoms with Crippen LogP contribution >= 0.6 is 11.3 Å². The third-order valence-electron chi connectivity index (χ3n) is 4.80. The Bertz CT molecular complexity index is 1180. The second kappa shape index (κ2) is 8.31. The fourth-order valence-electron chi connectivity index (χ4n) is 3.21. The van der Waals surface area contributed by atoms with Gasteiger partial charge in [-0.1, -0.05) is 55.5 Å². The molecule has 0 atom stereocenters. The first kappa shape index (κ1) is 20.2. The zero-order valence-electron chi connectivity index (χ0n) is 17.5. The van der Waals surface area contributed by atoms with Crippen molar-refractivity contribution in [3.8, 4) is 0 Å². The van der Waals surface area contributed by atoms with Crippen LogP contribution in [0.5, 0.6) is 0 Å². The number of rotatable bonds is 6. The van der Waals surface area contributed by atoms with E-state index in [0.717, 1.165) is 27.3 Å². The lowest BCUT2D eigenvalue weighted by molar-refractivity contribution is 0.102. The van der Waals surface area contributed by atoms with E-state index in [1.54, 1.807) is 6.20 Å². The molecule has 0 unspecified atom stereocenters. The normalized spacial score (nSPS) is 11.5. The van der Waals surface area contributed by atoms with E-state index in [0.29, 0.717) is 17.1 Å². The minimum atomic E-state index is -0.227. The van der Waals surface area contributed by atoms with Crippen molar-refractivity contribution < 1.29 is 4.79 Å². The molecule has 0 aliphatic carbocycles. The molecule has 0 saturated carbocycles. The molecule has 0 bridgehead atoms. The maximum Gasteiger partial charge on any atom is 0.258 e. The molecule has 7 nitrogen and oxygen atoms in total. The number of hydrogen-bond acceptors (Lipinski definition) is 6. The highest BCUT2D eigenvalue weighted by atomic mass is 32.1. The summed E-state index contributed by atoms with van der Waals surface area (Å²) in [6.07, 6.45) is 2.40. The number of carbonyl (C=O) groups excluding carboxylic acids is 1. The van der Waals surface area contributed by atoms with Gasteiger partial charge in [-0.25, -0.2) is 9.67 Å². The molecule has 0 spiro atoms. The Balaban J connectivity index is 1.62. The van der Waals surface area contributed by atoms with Crippen LogP contribution in [-0.2, 0) is 6.42 Å². The minimum absolute atomic E-state index is 0.150. The number of amides is 1. The lowest BCUT2D eigenvalue weighted by Crippen LogP contribution is -2.14. The number of benzene rings is 1. The van der Waals surface area contributed by atoms with Crippen molar-refractivity contribution in [1.29, 1.82) is 0 Å². The van der Waals surface area contributed by atoms with Crippen LogP contribution in [0.15, 0.2) is 42.6 Å². The largest absolute Gasteiger partial charge is 0.296 e. The van der Waals surface area contributed by atoms with Crippen LogP contribution < -0.4 is 5.32 Å². The van der Waals surface area contributed by atoms with Gasteiger partial charge in [-0.15, -0.1) is 10.2 Å². The van der Waals surface area contributed by atoms with E-state index in [9.17, 15) is 4.79 Å². The maximum atomic E-state index is 13.1. The van der Waals surface area contributed by atoms with E-state index < -0.39 is 0 Å². The Kier molecular flexibility index (Phi) is 5.59. The fourth-order valence-corrected chi connectivity index (χ4v) is 3.98. The van der Waals surface area contributed by atoms with Crippen LogP contribution in [0, 0.1) is 0 Å². The summed E-state index contributed by atoms with van der Waals surface area (Å²) in [5.41, 5.74) is 3.29. The smallest absolute Gasteiger partial charge is 0.258 e. The Morgan fingerprint density at radius 2 is 1.90 bits per heavy atom. The van der Waals surface area contributed by atoms with E-state index in [-0.39, 0.29) is 17.9 Å². The van der Waals surface area contributed by atoms with Gasteiger partial charge in [0.25, 0.3) is 5.91 Å². The zero-order valence-corrected chi connectivity index (χ0v) is 18.3. The summed E-state index contributed by atoms with van der Waals surface area (Å²) in [5.74, 6) is -0.0366. The summed E-state index contributed by atoms with van der Waals surface area (Å²) in [7, 11) is 0. The number of pyridine rings is 1. The lowest BCUT2D eigenvalue weighted by Gasteiger charge is -2.11. The van der Waals surface area contributed by atoms with Gasteiger partial charge in [-0.2, -0.15) is 5.10 Å². The van der Waals surface area contributed by atoms with Gasteiger partial charge in [0.05, 0.1) is 17.1 Å². The molecular formula is C22H24N6OS. The fraction of sp³-hybridized carbons (Fsp3) is 0.318. The van der Waals surface area contributed by atoms with Gasteiger partial charge in [0.2, 0.25) is 5.13 Å². The van der Waals surface area contributed by atoms with Crippen molar-refractivity contribution in [1.82, 2.24) is 25.0 Å². The first-order valence-electron chi connectivity index (χ1n) is 9.98. The summed E-state index contributed by atoms with van der Waals surface area (Å²) in [4.78, 5) is 17.9. The number of carbonyl (C=O) groups is 1. The van der Waals surface area contributed by atoms with Crippen LogP contribution in [0.1, 0.15) is 66.3 Å². The predicted octanol–water partition coefficient (Wildman–Crippen LogP) is 4.83. The predicted molar refractivity (Wildman–Crippen MR) is 119 cm³/mol. The van der Waals surface area contributed by atoms with Gasteiger partial charge < -0.3 is 0 Å². The van der Waals surface area contributed by atoms with Gasteiger partial charge >= 0.3 is 0 Å². The minimum Gasteiger partial charge on any atom is -0.296 e. The molecule has 0 saturated heterocycles. The zero-order chi connectivity index (χ0) is 21.3. The van der Waals surface area contributed by atoms with E-state index in [1.165, 1.54) is 11.3 Å². The Morgan fingerprint density at radius 1 is 1.13 bits per heavy atom. The van der Waals surface area contributed by atoms with Crippen LogP contribution in [-0.4, -0.2) is 30.9 Å². The van der Waals surface area contributed by atoms with Gasteiger partial charge in [0, 0.05) is 18.2 Å². The Hall–Kier alpha value is -3.13. The van der Waals surface area contributed by atoms with E-state index in [4.69, 9.17) is 4.98 Å². The molecule has 0 fully saturated rings. The SMILES string of the molecule is CC(C)c1cc(C(=O)Nc2nnc(Cc3ccccc3)s2)c2cnn(C(C)C)c2n1. The molecule has 3 aromatic heterocycles. The summed E-state index contributed by atoms with van der Waals surface area (Å²) in [5, 5.41) is 17.8. The highest BCUT2D eigenvalue weighted by Crippen LogP contribution is 2.26. The van der Waals surface area contributed by atoms with Crippen LogP contribution in [0.3, 0.4) is 0 Å². The van der Waals surface area contributed by atoms with Crippen molar-refractivity contribution in [3.05, 3.63) is 64.4 Å². The summed E-state index contributed by atoms with van der Waals surface area (Å²) < 4.78 is 1.85. The molecule has 1 aromatic carbocycles. The third kappa shape index (κ3) is 4.09. The van der Waals surface area contributed by atoms with E-state index >= 15 is 0 Å². The van der Waals surface area contributed by atoms with Crippen LogP contribution in [0.25, 0.3) is 11.0 Å². The first-order valence-corrected chi connectivity index (χ1v) is 10.8. The average molecular weight is 421 g/mol.